The number of carbonyl (C=O) groups is 1. The molecule has 0 bridgehead atoms. The summed E-state index contributed by atoms with van der Waals surface area (Å²) in [6.07, 6.45) is 0. The molecular weight excluding hydrogens is 222 g/mol. The number of hydrogen-bond donors (Lipinski definition) is 0. The van der Waals surface area contributed by atoms with Gasteiger partial charge < -0.3 is 4.90 Å². The molecular formula is C13H18ClNO. The summed E-state index contributed by atoms with van der Waals surface area (Å²) < 4.78 is 0. The second-order valence-corrected chi connectivity index (χ2v) is 4.27. The Balaban J connectivity index is 2.98. The maximum Gasteiger partial charge on any atom is 0.254 e. The van der Waals surface area contributed by atoms with Gasteiger partial charge in [-0.3, -0.25) is 4.79 Å². The van der Waals surface area contributed by atoms with Crippen molar-refractivity contribution in [1.29, 1.82) is 0 Å². The summed E-state index contributed by atoms with van der Waals surface area (Å²) in [4.78, 5) is 14.0. The third-order valence-electron chi connectivity index (χ3n) is 2.65. The molecule has 88 valence electrons. The average molecular weight is 240 g/mol. The molecule has 0 saturated carbocycles. The predicted molar refractivity (Wildman–Crippen MR) is 68.2 cm³/mol. The van der Waals surface area contributed by atoms with Gasteiger partial charge in [0.15, 0.2) is 0 Å². The summed E-state index contributed by atoms with van der Waals surface area (Å²) in [5.41, 5.74) is 2.91. The fourth-order valence-corrected chi connectivity index (χ4v) is 1.85. The highest BCUT2D eigenvalue weighted by Gasteiger charge is 2.15. The summed E-state index contributed by atoms with van der Waals surface area (Å²) in [6, 6.07) is 5.94. The van der Waals surface area contributed by atoms with E-state index in [0.717, 1.165) is 16.7 Å². The van der Waals surface area contributed by atoms with Gasteiger partial charge in [0.25, 0.3) is 5.91 Å². The van der Waals surface area contributed by atoms with Crippen molar-refractivity contribution in [1.82, 2.24) is 4.90 Å². The molecule has 1 aromatic carbocycles. The molecule has 0 atom stereocenters. The number of aryl methyl sites for hydroxylation is 2. The fourth-order valence-electron chi connectivity index (χ4n) is 1.64. The summed E-state index contributed by atoms with van der Waals surface area (Å²) in [5.74, 6) is 0.550. The van der Waals surface area contributed by atoms with Gasteiger partial charge in [0.1, 0.15) is 0 Å². The van der Waals surface area contributed by atoms with Gasteiger partial charge in [0, 0.05) is 24.5 Å². The number of carbonyl (C=O) groups excluding carboxylic acids is 1. The molecule has 1 rings (SSSR count). The minimum absolute atomic E-state index is 0.0735. The molecule has 0 saturated heterocycles. The molecule has 1 amide bonds. The molecule has 0 aromatic heterocycles. The second kappa shape index (κ2) is 5.90. The Morgan fingerprint density at radius 3 is 2.62 bits per heavy atom. The number of rotatable bonds is 4. The maximum absolute atomic E-state index is 12.2. The van der Waals surface area contributed by atoms with Gasteiger partial charge in [0.2, 0.25) is 0 Å². The molecule has 0 radical (unpaired) electrons. The van der Waals surface area contributed by atoms with Crippen LogP contribution in [0.15, 0.2) is 18.2 Å². The van der Waals surface area contributed by atoms with Crippen molar-refractivity contribution in [3.8, 4) is 0 Å². The third kappa shape index (κ3) is 2.99. The number of amides is 1. The van der Waals surface area contributed by atoms with E-state index in [-0.39, 0.29) is 5.91 Å². The van der Waals surface area contributed by atoms with Gasteiger partial charge in [-0.25, -0.2) is 0 Å². The van der Waals surface area contributed by atoms with Crippen molar-refractivity contribution < 1.29 is 4.79 Å². The monoisotopic (exact) mass is 239 g/mol. The van der Waals surface area contributed by atoms with Crippen molar-refractivity contribution in [3.63, 3.8) is 0 Å². The average Bonchev–Trinajstić information content (AvgIpc) is 2.28. The van der Waals surface area contributed by atoms with E-state index >= 15 is 0 Å². The van der Waals surface area contributed by atoms with Crippen LogP contribution < -0.4 is 0 Å². The lowest BCUT2D eigenvalue weighted by Crippen LogP contribution is -2.33. The largest absolute Gasteiger partial charge is 0.338 e. The maximum atomic E-state index is 12.2. The lowest BCUT2D eigenvalue weighted by Gasteiger charge is -2.20. The van der Waals surface area contributed by atoms with Gasteiger partial charge in [0.05, 0.1) is 0 Å². The standard InChI is InChI=1S/C13H18ClNO/c1-4-15(8-7-14)13(16)12-9-10(2)5-6-11(12)3/h5-6,9H,4,7-8H2,1-3H3. The van der Waals surface area contributed by atoms with E-state index < -0.39 is 0 Å². The van der Waals surface area contributed by atoms with Gasteiger partial charge in [-0.15, -0.1) is 11.6 Å². The van der Waals surface area contributed by atoms with E-state index in [4.69, 9.17) is 11.6 Å². The number of benzene rings is 1. The Labute approximate surface area is 102 Å². The quantitative estimate of drug-likeness (QED) is 0.740. The third-order valence-corrected chi connectivity index (χ3v) is 2.82. The van der Waals surface area contributed by atoms with Gasteiger partial charge in [-0.05, 0) is 32.4 Å². The van der Waals surface area contributed by atoms with Crippen LogP contribution in [0.25, 0.3) is 0 Å². The summed E-state index contributed by atoms with van der Waals surface area (Å²) in [6.45, 7) is 7.22. The highest BCUT2D eigenvalue weighted by molar-refractivity contribution is 6.18. The van der Waals surface area contributed by atoms with Crippen LogP contribution in [0.3, 0.4) is 0 Å². The van der Waals surface area contributed by atoms with Gasteiger partial charge >= 0.3 is 0 Å². The molecule has 0 spiro atoms. The highest BCUT2D eigenvalue weighted by atomic mass is 35.5. The Bertz CT molecular complexity index is 376. The minimum atomic E-state index is 0.0735. The molecule has 3 heteroatoms. The molecule has 0 aliphatic rings. The summed E-state index contributed by atoms with van der Waals surface area (Å²) in [5, 5.41) is 0. The highest BCUT2D eigenvalue weighted by Crippen LogP contribution is 2.13. The van der Waals surface area contributed by atoms with Crippen LogP contribution in [0.5, 0.6) is 0 Å². The molecule has 0 N–H and O–H groups in total. The molecule has 16 heavy (non-hydrogen) atoms. The first-order chi connectivity index (χ1) is 7.60. The van der Waals surface area contributed by atoms with Crippen LogP contribution in [0.4, 0.5) is 0 Å². The van der Waals surface area contributed by atoms with Crippen molar-refractivity contribution in [2.45, 2.75) is 20.8 Å². The molecule has 0 unspecified atom stereocenters. The van der Waals surface area contributed by atoms with E-state index in [9.17, 15) is 4.79 Å². The Kier molecular flexibility index (Phi) is 4.81. The predicted octanol–water partition coefficient (Wildman–Crippen LogP) is 3.00. The van der Waals surface area contributed by atoms with E-state index in [1.165, 1.54) is 0 Å². The van der Waals surface area contributed by atoms with Crippen molar-refractivity contribution in [2.75, 3.05) is 19.0 Å². The normalized spacial score (nSPS) is 10.2. The Hall–Kier alpha value is -1.02. The zero-order chi connectivity index (χ0) is 12.1. The number of nitrogens with zero attached hydrogens (tertiary/aromatic N) is 1. The molecule has 0 aliphatic carbocycles. The smallest absolute Gasteiger partial charge is 0.254 e. The van der Waals surface area contributed by atoms with Gasteiger partial charge in [-0.1, -0.05) is 17.7 Å². The van der Waals surface area contributed by atoms with Crippen LogP contribution in [0, 0.1) is 13.8 Å². The van der Waals surface area contributed by atoms with E-state index in [1.54, 1.807) is 4.90 Å². The van der Waals surface area contributed by atoms with Crippen LogP contribution in [-0.2, 0) is 0 Å². The Morgan fingerprint density at radius 1 is 1.38 bits per heavy atom. The van der Waals surface area contributed by atoms with Crippen LogP contribution >= 0.6 is 11.6 Å². The van der Waals surface area contributed by atoms with E-state index in [2.05, 4.69) is 0 Å². The molecule has 0 heterocycles. The van der Waals surface area contributed by atoms with Gasteiger partial charge in [-0.2, -0.15) is 0 Å². The van der Waals surface area contributed by atoms with Crippen molar-refractivity contribution >= 4 is 17.5 Å². The molecule has 0 aliphatic heterocycles. The topological polar surface area (TPSA) is 20.3 Å². The zero-order valence-electron chi connectivity index (χ0n) is 10.1. The molecule has 2 nitrogen and oxygen atoms in total. The van der Waals surface area contributed by atoms with E-state index in [1.807, 2.05) is 39.0 Å². The summed E-state index contributed by atoms with van der Waals surface area (Å²) in [7, 11) is 0. The second-order valence-electron chi connectivity index (χ2n) is 3.89. The van der Waals surface area contributed by atoms with Crippen LogP contribution in [0.1, 0.15) is 28.4 Å². The first kappa shape index (κ1) is 13.0. The first-order valence-electron chi connectivity index (χ1n) is 5.52. The lowest BCUT2D eigenvalue weighted by atomic mass is 10.0. The van der Waals surface area contributed by atoms with Crippen LogP contribution in [-0.4, -0.2) is 29.8 Å². The number of alkyl halides is 1. The first-order valence-corrected chi connectivity index (χ1v) is 6.06. The minimum Gasteiger partial charge on any atom is -0.338 e. The number of halogens is 1. The lowest BCUT2D eigenvalue weighted by molar-refractivity contribution is 0.0773. The zero-order valence-corrected chi connectivity index (χ0v) is 10.8. The number of hydrogen-bond acceptors (Lipinski definition) is 1. The van der Waals surface area contributed by atoms with Crippen molar-refractivity contribution in [2.24, 2.45) is 0 Å². The SMILES string of the molecule is CCN(CCCl)C(=O)c1cc(C)ccc1C. The van der Waals surface area contributed by atoms with Crippen molar-refractivity contribution in [3.05, 3.63) is 34.9 Å². The van der Waals surface area contributed by atoms with Crippen LogP contribution in [0.2, 0.25) is 0 Å². The molecule has 0 fully saturated rings. The molecule has 1 aromatic rings. The summed E-state index contributed by atoms with van der Waals surface area (Å²) >= 11 is 5.68. The van der Waals surface area contributed by atoms with E-state index in [0.29, 0.717) is 19.0 Å². The fraction of sp³-hybridized carbons (Fsp3) is 0.462. The Morgan fingerprint density at radius 2 is 2.06 bits per heavy atom.